The Kier molecular flexibility index (Phi) is 2.36. The molecule has 0 spiro atoms. The van der Waals surface area contributed by atoms with E-state index in [1.54, 1.807) is 0 Å². The zero-order chi connectivity index (χ0) is 14.6. The maximum absolute atomic E-state index is 11.7. The first kappa shape index (κ1) is 12.0. The Bertz CT molecular complexity index is 1010. The number of methoxy groups -OCH3 is 1. The van der Waals surface area contributed by atoms with Gasteiger partial charge in [-0.15, -0.1) is 0 Å². The number of hydrogen-bond acceptors (Lipinski definition) is 2. The van der Waals surface area contributed by atoms with Crippen LogP contribution < -0.4 is 0 Å². The number of carbonyl (C=O) groups excluding carboxylic acids is 1. The molecule has 0 unspecified atom stereocenters. The maximum atomic E-state index is 11.7. The van der Waals surface area contributed by atoms with Gasteiger partial charge in [-0.3, -0.25) is 0 Å². The van der Waals surface area contributed by atoms with Crippen molar-refractivity contribution in [3.63, 3.8) is 0 Å². The van der Waals surface area contributed by atoms with Crippen molar-refractivity contribution in [2.24, 2.45) is 7.05 Å². The summed E-state index contributed by atoms with van der Waals surface area (Å²) < 4.78 is 6.95. The molecule has 0 fully saturated rings. The zero-order valence-corrected chi connectivity index (χ0v) is 11.8. The van der Waals surface area contributed by atoms with Crippen molar-refractivity contribution in [1.29, 1.82) is 0 Å². The first-order valence-corrected chi connectivity index (χ1v) is 6.78. The number of rotatable bonds is 1. The monoisotopic (exact) mass is 278 g/mol. The van der Waals surface area contributed by atoms with Crippen molar-refractivity contribution < 1.29 is 9.53 Å². The smallest absolute Gasteiger partial charge is 0.354 e. The van der Waals surface area contributed by atoms with Crippen LogP contribution in [0.5, 0.6) is 0 Å². The first-order valence-electron chi connectivity index (χ1n) is 6.78. The van der Waals surface area contributed by atoms with Crippen molar-refractivity contribution >= 4 is 38.7 Å². The number of H-pyrrole nitrogens is 1. The van der Waals surface area contributed by atoms with Crippen LogP contribution in [0.1, 0.15) is 10.5 Å². The maximum Gasteiger partial charge on any atom is 0.354 e. The summed E-state index contributed by atoms with van der Waals surface area (Å²) in [6, 6.07) is 14.3. The zero-order valence-electron chi connectivity index (χ0n) is 11.8. The third-order valence-corrected chi connectivity index (χ3v) is 4.07. The summed E-state index contributed by atoms with van der Waals surface area (Å²) in [6.45, 7) is 0. The van der Waals surface area contributed by atoms with Crippen LogP contribution in [0, 0.1) is 0 Å². The van der Waals surface area contributed by atoms with Crippen molar-refractivity contribution in [2.75, 3.05) is 7.11 Å². The van der Waals surface area contributed by atoms with Gasteiger partial charge in [0.05, 0.1) is 18.1 Å². The molecular weight excluding hydrogens is 264 g/mol. The minimum Gasteiger partial charge on any atom is -0.464 e. The molecule has 4 heteroatoms. The van der Waals surface area contributed by atoms with Crippen molar-refractivity contribution in [3.8, 4) is 0 Å². The first-order chi connectivity index (χ1) is 10.2. The average Bonchev–Trinajstić information content (AvgIpc) is 3.07. The fourth-order valence-electron chi connectivity index (χ4n) is 3.08. The van der Waals surface area contributed by atoms with Gasteiger partial charge in [0, 0.05) is 28.7 Å². The largest absolute Gasteiger partial charge is 0.464 e. The number of carbonyl (C=O) groups is 1. The van der Waals surface area contributed by atoms with E-state index >= 15 is 0 Å². The molecular formula is C17H14N2O2. The van der Waals surface area contributed by atoms with Gasteiger partial charge < -0.3 is 14.3 Å². The summed E-state index contributed by atoms with van der Waals surface area (Å²) in [6.07, 6.45) is 0. The van der Waals surface area contributed by atoms with Crippen LogP contribution in [-0.2, 0) is 11.8 Å². The number of aromatic nitrogens is 2. The number of aromatic amines is 1. The van der Waals surface area contributed by atoms with E-state index in [2.05, 4.69) is 27.8 Å². The third-order valence-electron chi connectivity index (χ3n) is 4.07. The van der Waals surface area contributed by atoms with Gasteiger partial charge in [-0.05, 0) is 12.1 Å². The normalized spacial score (nSPS) is 11.5. The Balaban J connectivity index is 2.18. The van der Waals surface area contributed by atoms with Crippen molar-refractivity contribution in [1.82, 2.24) is 9.55 Å². The molecule has 2 aromatic carbocycles. The lowest BCUT2D eigenvalue weighted by molar-refractivity contribution is 0.0595. The molecule has 0 bridgehead atoms. The molecule has 2 heterocycles. The minimum atomic E-state index is -0.349. The molecule has 1 N–H and O–H groups in total. The third kappa shape index (κ3) is 1.53. The fourth-order valence-corrected chi connectivity index (χ4v) is 3.08. The Labute approximate surface area is 120 Å². The van der Waals surface area contributed by atoms with Gasteiger partial charge in [-0.1, -0.05) is 30.3 Å². The van der Waals surface area contributed by atoms with Crippen LogP contribution >= 0.6 is 0 Å². The molecule has 0 aliphatic heterocycles. The van der Waals surface area contributed by atoms with Gasteiger partial charge in [-0.2, -0.15) is 0 Å². The Morgan fingerprint density at radius 1 is 1.14 bits per heavy atom. The number of fused-ring (bicyclic) bond motifs is 5. The standard InChI is InChI=1S/C17H14N2O2/c1-19-14-6-4-3-5-11(14)12-8-7-10-9-13(17(20)21-2)18-15(10)16(12)19/h3-9,18H,1-2H3. The summed E-state index contributed by atoms with van der Waals surface area (Å²) in [4.78, 5) is 14.9. The van der Waals surface area contributed by atoms with Gasteiger partial charge in [0.15, 0.2) is 0 Å². The second-order valence-corrected chi connectivity index (χ2v) is 5.18. The fraction of sp³-hybridized carbons (Fsp3) is 0.118. The van der Waals surface area contributed by atoms with Crippen LogP contribution in [0.2, 0.25) is 0 Å². The lowest BCUT2D eigenvalue weighted by Gasteiger charge is -1.99. The second-order valence-electron chi connectivity index (χ2n) is 5.18. The van der Waals surface area contributed by atoms with E-state index in [0.29, 0.717) is 5.69 Å². The topological polar surface area (TPSA) is 47.0 Å². The lowest BCUT2D eigenvalue weighted by atomic mass is 10.1. The average molecular weight is 278 g/mol. The number of hydrogen-bond donors (Lipinski definition) is 1. The highest BCUT2D eigenvalue weighted by atomic mass is 16.5. The molecule has 4 rings (SSSR count). The molecule has 4 nitrogen and oxygen atoms in total. The minimum absolute atomic E-state index is 0.349. The predicted molar refractivity (Wildman–Crippen MR) is 83.6 cm³/mol. The van der Waals surface area contributed by atoms with E-state index in [4.69, 9.17) is 4.74 Å². The van der Waals surface area contributed by atoms with Crippen molar-refractivity contribution in [2.45, 2.75) is 0 Å². The number of nitrogens with one attached hydrogen (secondary N) is 1. The summed E-state index contributed by atoms with van der Waals surface area (Å²) in [7, 11) is 3.43. The number of aryl methyl sites for hydroxylation is 1. The highest BCUT2D eigenvalue weighted by Crippen LogP contribution is 2.33. The molecule has 4 aromatic rings. The molecule has 0 amide bonds. The number of esters is 1. The van der Waals surface area contributed by atoms with Crippen LogP contribution in [0.3, 0.4) is 0 Å². The summed E-state index contributed by atoms with van der Waals surface area (Å²) >= 11 is 0. The highest BCUT2D eigenvalue weighted by molar-refractivity contribution is 6.17. The van der Waals surface area contributed by atoms with E-state index in [0.717, 1.165) is 16.4 Å². The van der Waals surface area contributed by atoms with E-state index in [9.17, 15) is 4.79 Å². The van der Waals surface area contributed by atoms with Crippen LogP contribution in [0.25, 0.3) is 32.7 Å². The van der Waals surface area contributed by atoms with E-state index in [-0.39, 0.29) is 5.97 Å². The van der Waals surface area contributed by atoms with Crippen molar-refractivity contribution in [3.05, 3.63) is 48.2 Å². The molecule has 0 radical (unpaired) electrons. The van der Waals surface area contributed by atoms with Crippen LogP contribution in [0.15, 0.2) is 42.5 Å². The van der Waals surface area contributed by atoms with Gasteiger partial charge in [0.2, 0.25) is 0 Å². The Morgan fingerprint density at radius 3 is 2.76 bits per heavy atom. The SMILES string of the molecule is COC(=O)c1cc2ccc3c4ccccc4n(C)c3c2[nH]1. The number of ether oxygens (including phenoxy) is 1. The second kappa shape index (κ2) is 4.12. The molecule has 0 aliphatic rings. The van der Waals surface area contributed by atoms with Crippen LogP contribution in [0.4, 0.5) is 0 Å². The highest BCUT2D eigenvalue weighted by Gasteiger charge is 2.15. The van der Waals surface area contributed by atoms with E-state index < -0.39 is 0 Å². The van der Waals surface area contributed by atoms with Gasteiger partial charge in [0.1, 0.15) is 5.69 Å². The lowest BCUT2D eigenvalue weighted by Crippen LogP contribution is -2.00. The molecule has 0 saturated heterocycles. The molecule has 0 saturated carbocycles. The number of nitrogens with zero attached hydrogens (tertiary/aromatic N) is 1. The Morgan fingerprint density at radius 2 is 1.95 bits per heavy atom. The quantitative estimate of drug-likeness (QED) is 0.541. The summed E-state index contributed by atoms with van der Waals surface area (Å²) in [5.74, 6) is -0.349. The van der Waals surface area contributed by atoms with Gasteiger partial charge >= 0.3 is 5.97 Å². The molecule has 0 aliphatic carbocycles. The van der Waals surface area contributed by atoms with E-state index in [1.807, 2.05) is 31.3 Å². The molecule has 0 atom stereocenters. The number of para-hydroxylation sites is 1. The summed E-state index contributed by atoms with van der Waals surface area (Å²) in [5, 5.41) is 3.40. The molecule has 2 aromatic heterocycles. The number of benzene rings is 2. The van der Waals surface area contributed by atoms with Gasteiger partial charge in [-0.25, -0.2) is 4.79 Å². The summed E-state index contributed by atoms with van der Waals surface area (Å²) in [5.41, 5.74) is 3.72. The predicted octanol–water partition coefficient (Wildman–Crippen LogP) is 3.60. The van der Waals surface area contributed by atoms with Gasteiger partial charge in [0.25, 0.3) is 0 Å². The van der Waals surface area contributed by atoms with Crippen LogP contribution in [-0.4, -0.2) is 22.6 Å². The molecule has 104 valence electrons. The van der Waals surface area contributed by atoms with E-state index in [1.165, 1.54) is 23.4 Å². The molecule has 21 heavy (non-hydrogen) atoms. The Hall–Kier alpha value is -2.75.